The molecule has 1 aromatic rings. The van der Waals surface area contributed by atoms with Crippen LogP contribution in [0.2, 0.25) is 0 Å². The van der Waals surface area contributed by atoms with E-state index < -0.39 is 0 Å². The zero-order valence-corrected chi connectivity index (χ0v) is 8.95. The van der Waals surface area contributed by atoms with Crippen molar-refractivity contribution in [3.63, 3.8) is 0 Å². The molecule has 0 aromatic carbocycles. The molecule has 0 radical (unpaired) electrons. The molecule has 1 aromatic heterocycles. The summed E-state index contributed by atoms with van der Waals surface area (Å²) in [7, 11) is 3.97. The van der Waals surface area contributed by atoms with Gasteiger partial charge in [-0.25, -0.2) is 9.99 Å². The second-order valence-electron chi connectivity index (χ2n) is 3.60. The summed E-state index contributed by atoms with van der Waals surface area (Å²) in [5.74, 6) is 0. The van der Waals surface area contributed by atoms with Crippen LogP contribution in [0.4, 0.5) is 5.13 Å². The predicted octanol–water partition coefficient (Wildman–Crippen LogP) is 1.91. The Balaban J connectivity index is 2.15. The molecule has 0 spiro atoms. The lowest BCUT2D eigenvalue weighted by Crippen LogP contribution is -2.19. The van der Waals surface area contributed by atoms with Crippen molar-refractivity contribution in [1.82, 2.24) is 9.99 Å². The van der Waals surface area contributed by atoms with Crippen LogP contribution in [0, 0.1) is 0 Å². The number of aromatic nitrogens is 1. The molecule has 0 amide bonds. The number of hydrogen-bond donors (Lipinski definition) is 1. The Labute approximate surface area is 82.8 Å². The maximum absolute atomic E-state index is 4.56. The predicted molar refractivity (Wildman–Crippen MR) is 56.1 cm³/mol. The summed E-state index contributed by atoms with van der Waals surface area (Å²) in [4.78, 5) is 6.04. The fourth-order valence-corrected chi connectivity index (χ4v) is 2.72. The van der Waals surface area contributed by atoms with Gasteiger partial charge in [-0.15, -0.1) is 11.3 Å². The van der Waals surface area contributed by atoms with Crippen molar-refractivity contribution in [2.45, 2.75) is 25.7 Å². The van der Waals surface area contributed by atoms with E-state index in [2.05, 4.69) is 10.4 Å². The van der Waals surface area contributed by atoms with Gasteiger partial charge in [0.1, 0.15) is 0 Å². The van der Waals surface area contributed by atoms with Crippen LogP contribution in [0.25, 0.3) is 0 Å². The Morgan fingerprint density at radius 3 is 2.77 bits per heavy atom. The Morgan fingerprint density at radius 1 is 1.31 bits per heavy atom. The fraction of sp³-hybridized carbons (Fsp3) is 0.667. The molecule has 0 aliphatic heterocycles. The number of nitrogens with one attached hydrogen (secondary N) is 1. The van der Waals surface area contributed by atoms with Crippen molar-refractivity contribution >= 4 is 16.5 Å². The molecule has 72 valence electrons. The number of anilines is 1. The van der Waals surface area contributed by atoms with Crippen LogP contribution in [0.15, 0.2) is 0 Å². The van der Waals surface area contributed by atoms with E-state index in [1.54, 1.807) is 11.3 Å². The lowest BCUT2D eigenvalue weighted by atomic mass is 10.0. The minimum Gasteiger partial charge on any atom is -0.295 e. The minimum atomic E-state index is 1.04. The third-order valence-corrected chi connectivity index (χ3v) is 3.23. The van der Waals surface area contributed by atoms with Gasteiger partial charge in [-0.05, 0) is 25.7 Å². The highest BCUT2D eigenvalue weighted by molar-refractivity contribution is 7.15. The molecule has 0 saturated heterocycles. The van der Waals surface area contributed by atoms with Crippen molar-refractivity contribution in [2.24, 2.45) is 0 Å². The van der Waals surface area contributed by atoms with Crippen molar-refractivity contribution in [3.05, 3.63) is 10.6 Å². The van der Waals surface area contributed by atoms with Crippen molar-refractivity contribution in [2.75, 3.05) is 19.5 Å². The molecule has 1 aliphatic carbocycles. The van der Waals surface area contributed by atoms with E-state index in [1.165, 1.54) is 36.3 Å². The number of fused-ring (bicyclic) bond motifs is 1. The van der Waals surface area contributed by atoms with Gasteiger partial charge in [0.15, 0.2) is 5.13 Å². The molecular weight excluding hydrogens is 182 g/mol. The molecule has 2 rings (SSSR count). The number of aryl methyl sites for hydroxylation is 2. The highest BCUT2D eigenvalue weighted by Gasteiger charge is 2.14. The van der Waals surface area contributed by atoms with Gasteiger partial charge in [0.25, 0.3) is 0 Å². The monoisotopic (exact) mass is 197 g/mol. The fourth-order valence-electron chi connectivity index (χ4n) is 1.59. The summed E-state index contributed by atoms with van der Waals surface area (Å²) in [6.07, 6.45) is 5.03. The minimum absolute atomic E-state index is 1.04. The molecule has 1 N–H and O–H groups in total. The zero-order valence-electron chi connectivity index (χ0n) is 8.13. The van der Waals surface area contributed by atoms with Crippen LogP contribution in [-0.2, 0) is 12.8 Å². The second kappa shape index (κ2) is 3.64. The number of rotatable bonds is 2. The molecular formula is C9H15N3S. The van der Waals surface area contributed by atoms with Crippen molar-refractivity contribution < 1.29 is 0 Å². The summed E-state index contributed by atoms with van der Waals surface area (Å²) in [5.41, 5.74) is 4.52. The standard InChI is InChI=1S/C9H15N3S/c1-12(2)11-9-10-7-5-3-4-6-8(7)13-9/h3-6H2,1-2H3,(H,10,11). The molecule has 0 saturated carbocycles. The lowest BCUT2D eigenvalue weighted by molar-refractivity contribution is 0.494. The summed E-state index contributed by atoms with van der Waals surface area (Å²) in [5, 5.41) is 2.97. The molecule has 0 unspecified atom stereocenters. The quantitative estimate of drug-likeness (QED) is 0.734. The van der Waals surface area contributed by atoms with Crippen molar-refractivity contribution in [3.8, 4) is 0 Å². The maximum atomic E-state index is 4.56. The van der Waals surface area contributed by atoms with Crippen LogP contribution in [0.1, 0.15) is 23.4 Å². The van der Waals surface area contributed by atoms with Crippen LogP contribution < -0.4 is 5.43 Å². The lowest BCUT2D eigenvalue weighted by Gasteiger charge is -2.08. The van der Waals surface area contributed by atoms with Crippen LogP contribution in [-0.4, -0.2) is 24.1 Å². The topological polar surface area (TPSA) is 28.2 Å². The van der Waals surface area contributed by atoms with E-state index in [4.69, 9.17) is 0 Å². The van der Waals surface area contributed by atoms with Gasteiger partial charge in [-0.3, -0.25) is 5.43 Å². The van der Waals surface area contributed by atoms with Gasteiger partial charge in [0.05, 0.1) is 5.69 Å². The van der Waals surface area contributed by atoms with Gasteiger partial charge < -0.3 is 0 Å². The van der Waals surface area contributed by atoms with E-state index in [-0.39, 0.29) is 0 Å². The number of nitrogens with zero attached hydrogens (tertiary/aromatic N) is 2. The average Bonchev–Trinajstić information content (AvgIpc) is 2.44. The highest BCUT2D eigenvalue weighted by atomic mass is 32.1. The Hall–Kier alpha value is -0.610. The summed E-state index contributed by atoms with van der Waals surface area (Å²) in [6, 6.07) is 0. The van der Waals surface area contributed by atoms with Crippen LogP contribution in [0.3, 0.4) is 0 Å². The first kappa shape index (κ1) is 8.97. The summed E-state index contributed by atoms with van der Waals surface area (Å²) >= 11 is 1.80. The van der Waals surface area contributed by atoms with E-state index in [0.717, 1.165) is 5.13 Å². The Morgan fingerprint density at radius 2 is 2.08 bits per heavy atom. The third kappa shape index (κ3) is 2.00. The van der Waals surface area contributed by atoms with Gasteiger partial charge in [-0.1, -0.05) is 0 Å². The van der Waals surface area contributed by atoms with Gasteiger partial charge in [-0.2, -0.15) is 0 Å². The molecule has 1 heterocycles. The number of thiazole rings is 1. The van der Waals surface area contributed by atoms with E-state index in [0.29, 0.717) is 0 Å². The summed E-state index contributed by atoms with van der Waals surface area (Å²) < 4.78 is 0. The maximum Gasteiger partial charge on any atom is 0.197 e. The van der Waals surface area contributed by atoms with Crippen LogP contribution in [0.5, 0.6) is 0 Å². The van der Waals surface area contributed by atoms with E-state index in [1.807, 2.05) is 19.1 Å². The SMILES string of the molecule is CN(C)Nc1nc2c(s1)CCCC2. The van der Waals surface area contributed by atoms with E-state index >= 15 is 0 Å². The average molecular weight is 197 g/mol. The van der Waals surface area contributed by atoms with E-state index in [9.17, 15) is 0 Å². The highest BCUT2D eigenvalue weighted by Crippen LogP contribution is 2.29. The first-order valence-corrected chi connectivity index (χ1v) is 5.50. The number of hydrogen-bond acceptors (Lipinski definition) is 4. The summed E-state index contributed by atoms with van der Waals surface area (Å²) in [6.45, 7) is 0. The molecule has 13 heavy (non-hydrogen) atoms. The largest absolute Gasteiger partial charge is 0.295 e. The Kier molecular flexibility index (Phi) is 2.51. The normalized spacial score (nSPS) is 15.9. The second-order valence-corrected chi connectivity index (χ2v) is 4.69. The first-order valence-electron chi connectivity index (χ1n) is 4.68. The van der Waals surface area contributed by atoms with Gasteiger partial charge >= 0.3 is 0 Å². The van der Waals surface area contributed by atoms with Gasteiger partial charge in [0, 0.05) is 19.0 Å². The zero-order chi connectivity index (χ0) is 9.26. The molecule has 4 heteroatoms. The molecule has 0 atom stereocenters. The smallest absolute Gasteiger partial charge is 0.197 e. The van der Waals surface area contributed by atoms with Gasteiger partial charge in [0.2, 0.25) is 0 Å². The Bertz CT molecular complexity index is 270. The molecule has 0 bridgehead atoms. The molecule has 1 aliphatic rings. The molecule has 0 fully saturated rings. The third-order valence-electron chi connectivity index (χ3n) is 2.16. The van der Waals surface area contributed by atoms with Crippen molar-refractivity contribution in [1.29, 1.82) is 0 Å². The molecule has 3 nitrogen and oxygen atoms in total. The van der Waals surface area contributed by atoms with Crippen LogP contribution >= 0.6 is 11.3 Å². The first-order chi connectivity index (χ1) is 6.25. The number of hydrazine groups is 1.